The molecule has 8 heteroatoms. The first-order valence-electron chi connectivity index (χ1n) is 11.5. The Balaban J connectivity index is 1.44. The summed E-state index contributed by atoms with van der Waals surface area (Å²) in [4.78, 5) is 19.9. The van der Waals surface area contributed by atoms with Gasteiger partial charge in [0, 0.05) is 36.7 Å². The smallest absolute Gasteiger partial charge is 0.255 e. The van der Waals surface area contributed by atoms with Gasteiger partial charge in [0.1, 0.15) is 13.4 Å². The van der Waals surface area contributed by atoms with Gasteiger partial charge in [-0.1, -0.05) is 23.7 Å². The van der Waals surface area contributed by atoms with Crippen LogP contribution in [0.4, 0.5) is 4.39 Å². The Morgan fingerprint density at radius 2 is 2.06 bits per heavy atom. The summed E-state index contributed by atoms with van der Waals surface area (Å²) in [5.74, 6) is 0.309. The lowest BCUT2D eigenvalue weighted by Crippen LogP contribution is -2.57. The number of hydrogen-bond donors (Lipinski definition) is 0. The number of carbonyl (C=O) groups is 1. The van der Waals surface area contributed by atoms with E-state index in [4.69, 9.17) is 0 Å². The van der Waals surface area contributed by atoms with Gasteiger partial charge in [-0.2, -0.15) is 5.10 Å². The zero-order valence-corrected chi connectivity index (χ0v) is 18.6. The van der Waals surface area contributed by atoms with E-state index < -0.39 is 5.34 Å². The molecule has 0 saturated heterocycles. The number of benzene rings is 2. The van der Waals surface area contributed by atoms with Crippen LogP contribution in [0.1, 0.15) is 45.9 Å². The van der Waals surface area contributed by atoms with Crippen molar-refractivity contribution >= 4 is 37.4 Å². The van der Waals surface area contributed by atoms with E-state index in [1.807, 2.05) is 36.3 Å². The number of pyridine rings is 1. The molecular formula is C25H21B2FN4O. The number of aryl methyl sites for hydroxylation is 1. The molecule has 0 N–H and O–H groups in total. The van der Waals surface area contributed by atoms with Crippen LogP contribution in [0.15, 0.2) is 48.8 Å². The zero-order chi connectivity index (χ0) is 22.5. The van der Waals surface area contributed by atoms with Crippen LogP contribution in [0.5, 0.6) is 0 Å². The second-order valence-electron chi connectivity index (χ2n) is 9.88. The highest BCUT2D eigenvalue weighted by atomic mass is 19.1. The highest BCUT2D eigenvalue weighted by Crippen LogP contribution is 2.46. The summed E-state index contributed by atoms with van der Waals surface area (Å²) < 4.78 is 16.1. The van der Waals surface area contributed by atoms with Crippen LogP contribution in [-0.2, 0) is 18.9 Å². The average Bonchev–Trinajstić information content (AvgIpc) is 3.54. The van der Waals surface area contributed by atoms with E-state index in [9.17, 15) is 9.18 Å². The van der Waals surface area contributed by atoms with Crippen LogP contribution in [0.25, 0.3) is 22.0 Å². The number of fused-ring (bicyclic) bond motifs is 5. The van der Waals surface area contributed by atoms with Gasteiger partial charge in [-0.15, -0.1) is 0 Å². The van der Waals surface area contributed by atoms with Gasteiger partial charge in [0.15, 0.2) is 13.1 Å². The molecule has 0 spiro atoms. The summed E-state index contributed by atoms with van der Waals surface area (Å²) in [6.07, 6.45) is 6.02. The second kappa shape index (κ2) is 6.34. The first kappa shape index (κ1) is 19.1. The Morgan fingerprint density at radius 1 is 1.21 bits per heavy atom. The van der Waals surface area contributed by atoms with E-state index in [-0.39, 0.29) is 11.7 Å². The van der Waals surface area contributed by atoms with Crippen molar-refractivity contribution in [1.29, 1.82) is 0 Å². The van der Waals surface area contributed by atoms with E-state index in [0.717, 1.165) is 35.1 Å². The van der Waals surface area contributed by atoms with E-state index in [0.29, 0.717) is 18.0 Å². The predicted molar refractivity (Wildman–Crippen MR) is 129 cm³/mol. The first-order valence-corrected chi connectivity index (χ1v) is 11.5. The maximum atomic E-state index is 14.4. The Morgan fingerprint density at radius 3 is 2.88 bits per heavy atom. The van der Waals surface area contributed by atoms with Crippen LogP contribution in [0.3, 0.4) is 0 Å². The van der Waals surface area contributed by atoms with Crippen LogP contribution in [-0.4, -0.2) is 40.7 Å². The average molecular weight is 434 g/mol. The molecule has 1 fully saturated rings. The molecule has 7 rings (SSSR count). The Hall–Kier alpha value is -3.41. The monoisotopic (exact) mass is 434 g/mol. The van der Waals surface area contributed by atoms with E-state index in [1.54, 1.807) is 10.9 Å². The van der Waals surface area contributed by atoms with Gasteiger partial charge in [-0.3, -0.25) is 14.5 Å². The summed E-state index contributed by atoms with van der Waals surface area (Å²) in [5.41, 5.74) is 7.97. The molecule has 1 atom stereocenters. The summed E-state index contributed by atoms with van der Waals surface area (Å²) >= 11 is 0. The van der Waals surface area contributed by atoms with Crippen molar-refractivity contribution in [2.24, 2.45) is 7.05 Å². The molecule has 4 aromatic rings. The second-order valence-corrected chi connectivity index (χ2v) is 9.88. The quantitative estimate of drug-likeness (QED) is 0.455. The maximum Gasteiger partial charge on any atom is 0.255 e. The van der Waals surface area contributed by atoms with Gasteiger partial charge in [0.05, 0.1) is 11.3 Å². The molecule has 5 nitrogen and oxygen atoms in total. The third-order valence-electron chi connectivity index (χ3n) is 7.69. The molecule has 1 aliphatic carbocycles. The number of rotatable bonds is 2. The van der Waals surface area contributed by atoms with Crippen LogP contribution in [0, 0.1) is 5.82 Å². The van der Waals surface area contributed by atoms with E-state index in [1.165, 1.54) is 35.5 Å². The minimum atomic E-state index is -0.452. The van der Waals surface area contributed by atoms with Gasteiger partial charge >= 0.3 is 0 Å². The maximum absolute atomic E-state index is 14.4. The number of hydrogen-bond acceptors (Lipinski definition) is 3. The van der Waals surface area contributed by atoms with Crippen molar-refractivity contribution in [2.45, 2.75) is 30.6 Å². The molecule has 1 amide bonds. The Bertz CT molecular complexity index is 1510. The number of nitrogens with zero attached hydrogens (tertiary/aromatic N) is 4. The molecule has 0 bridgehead atoms. The van der Waals surface area contributed by atoms with Crippen molar-refractivity contribution in [3.05, 3.63) is 77.0 Å². The van der Waals surface area contributed by atoms with Crippen molar-refractivity contribution in [3.8, 4) is 11.1 Å². The lowest BCUT2D eigenvalue weighted by Gasteiger charge is -2.41. The van der Waals surface area contributed by atoms with Crippen molar-refractivity contribution in [3.63, 3.8) is 0 Å². The summed E-state index contributed by atoms with van der Waals surface area (Å²) in [5, 5.41) is 4.71. The number of carbonyl (C=O) groups excluding carboxylic acids is 1. The van der Waals surface area contributed by atoms with Gasteiger partial charge in [0.2, 0.25) is 0 Å². The molecule has 2 aliphatic heterocycles. The third-order valence-corrected chi connectivity index (χ3v) is 7.69. The molecule has 3 aliphatic rings. The Labute approximate surface area is 192 Å². The molecule has 33 heavy (non-hydrogen) atoms. The van der Waals surface area contributed by atoms with Gasteiger partial charge in [0.25, 0.3) is 5.91 Å². The van der Waals surface area contributed by atoms with Crippen LogP contribution in [0.2, 0.25) is 0 Å². The van der Waals surface area contributed by atoms with Gasteiger partial charge in [-0.05, 0) is 59.2 Å². The van der Waals surface area contributed by atoms with Crippen LogP contribution >= 0.6 is 0 Å². The van der Waals surface area contributed by atoms with Crippen molar-refractivity contribution in [1.82, 2.24) is 19.7 Å². The first-order chi connectivity index (χ1) is 15.9. The zero-order valence-electron chi connectivity index (χ0n) is 18.6. The van der Waals surface area contributed by atoms with Gasteiger partial charge in [-0.25, -0.2) is 4.39 Å². The van der Waals surface area contributed by atoms with Gasteiger partial charge < -0.3 is 4.90 Å². The molecule has 0 radical (unpaired) electrons. The van der Waals surface area contributed by atoms with Crippen LogP contribution < -0.4 is 5.46 Å². The van der Waals surface area contributed by atoms with Crippen molar-refractivity contribution < 1.29 is 9.18 Å². The summed E-state index contributed by atoms with van der Waals surface area (Å²) in [7, 11) is 4.68. The number of aromatic nitrogens is 3. The largest absolute Gasteiger partial charge is 0.338 e. The molecule has 1 unspecified atom stereocenters. The summed E-state index contributed by atoms with van der Waals surface area (Å²) in [6, 6.07) is 11.6. The minimum absolute atomic E-state index is 0.0766. The molecule has 2 aromatic heterocycles. The molecule has 1 saturated carbocycles. The highest BCUT2D eigenvalue weighted by molar-refractivity contribution is 6.67. The number of amides is 1. The Kier molecular flexibility index (Phi) is 3.67. The highest BCUT2D eigenvalue weighted by Gasteiger charge is 2.51. The van der Waals surface area contributed by atoms with Crippen molar-refractivity contribution in [2.75, 3.05) is 0 Å². The normalized spacial score (nSPS) is 21.0. The SMILES string of the molecule is BC12Bc3cc(-c4ccc(F)c5nn(C)cc45)cc(C4CC4)c3CN1C(=O)c1cccnc12. The lowest BCUT2D eigenvalue weighted by atomic mass is 9.41. The lowest BCUT2D eigenvalue weighted by molar-refractivity contribution is 0.0725. The molecular weight excluding hydrogens is 413 g/mol. The fourth-order valence-electron chi connectivity index (χ4n) is 5.92. The summed E-state index contributed by atoms with van der Waals surface area (Å²) in [6.45, 7) is 0.610. The molecule has 4 heterocycles. The number of halogens is 1. The fourth-order valence-corrected chi connectivity index (χ4v) is 5.92. The topological polar surface area (TPSA) is 51.0 Å². The van der Waals surface area contributed by atoms with E-state index in [2.05, 4.69) is 30.1 Å². The standard InChI is InChI=1S/C25H21B2FN4O/c1-31-11-19-15(6-7-21(28)22(19)30-31)14-9-17(13-4-5-13)18-12-32-24(33)16-3-2-8-29-23(16)25(32,26)27-20(18)10-14/h2-3,6-11,13,27H,4-5,12,26H2,1H3. The molecule has 2 aromatic carbocycles. The molecule has 160 valence electrons. The predicted octanol–water partition coefficient (Wildman–Crippen LogP) is 2.13. The van der Waals surface area contributed by atoms with E-state index >= 15 is 0 Å². The minimum Gasteiger partial charge on any atom is -0.338 e. The fraction of sp³-hybridized carbons (Fsp3) is 0.240. The third kappa shape index (κ3) is 2.58.